The van der Waals surface area contributed by atoms with Crippen molar-refractivity contribution in [3.63, 3.8) is 0 Å². The van der Waals surface area contributed by atoms with Gasteiger partial charge in [0.05, 0.1) is 6.10 Å². The normalized spacial score (nSPS) is 12.6. The van der Waals surface area contributed by atoms with Crippen LogP contribution >= 0.6 is 11.6 Å². The number of rotatable bonds is 15. The van der Waals surface area contributed by atoms with E-state index in [0.717, 1.165) is 30.4 Å². The Balaban J connectivity index is 1.95. The molecule has 0 saturated carbocycles. The highest BCUT2D eigenvalue weighted by Gasteiger charge is 2.31. The monoisotopic (exact) mass is 549 g/mol. The largest absolute Gasteiger partial charge is 0.391 e. The lowest BCUT2D eigenvalue weighted by Gasteiger charge is -2.29. The summed E-state index contributed by atoms with van der Waals surface area (Å²) >= 11 is 6.11. The smallest absolute Gasteiger partial charge is 0.254 e. The van der Waals surface area contributed by atoms with E-state index in [9.17, 15) is 14.7 Å². The van der Waals surface area contributed by atoms with Gasteiger partial charge in [0.15, 0.2) is 0 Å². The molecule has 208 valence electrons. The summed E-state index contributed by atoms with van der Waals surface area (Å²) in [5, 5.41) is 15.6. The minimum Gasteiger partial charge on any atom is -0.391 e. The molecule has 0 aromatic heterocycles. The maximum atomic E-state index is 13.8. The van der Waals surface area contributed by atoms with E-state index < -0.39 is 17.9 Å². The summed E-state index contributed by atoms with van der Waals surface area (Å²) in [6.45, 7) is 6.22. The van der Waals surface area contributed by atoms with E-state index in [0.29, 0.717) is 42.2 Å². The van der Waals surface area contributed by atoms with Crippen LogP contribution in [-0.4, -0.2) is 54.1 Å². The predicted octanol–water partition coefficient (Wildman–Crippen LogP) is 5.22. The van der Waals surface area contributed by atoms with Gasteiger partial charge < -0.3 is 21.1 Å². The number of aliphatic hydroxyl groups is 1. The number of benzene rings is 3. The second-order valence-corrected chi connectivity index (χ2v) is 10.3. The van der Waals surface area contributed by atoms with Crippen LogP contribution in [0.1, 0.15) is 70.0 Å². The fourth-order valence-electron chi connectivity index (χ4n) is 5.01. The van der Waals surface area contributed by atoms with Crippen molar-refractivity contribution in [1.29, 1.82) is 0 Å². The van der Waals surface area contributed by atoms with Gasteiger partial charge in [-0.3, -0.25) is 9.59 Å². The highest BCUT2D eigenvalue weighted by molar-refractivity contribution is 6.30. The molecule has 7 heteroatoms. The van der Waals surface area contributed by atoms with Gasteiger partial charge in [-0.25, -0.2) is 0 Å². The van der Waals surface area contributed by atoms with E-state index in [1.807, 2.05) is 73.3 Å². The van der Waals surface area contributed by atoms with Crippen LogP contribution < -0.4 is 11.1 Å². The maximum Gasteiger partial charge on any atom is 0.254 e. The van der Waals surface area contributed by atoms with Gasteiger partial charge in [0.25, 0.3) is 5.91 Å². The van der Waals surface area contributed by atoms with E-state index >= 15 is 0 Å². The average molecular weight is 550 g/mol. The van der Waals surface area contributed by atoms with Gasteiger partial charge in [-0.1, -0.05) is 74.0 Å². The molecule has 3 rings (SSSR count). The fraction of sp³-hybridized carbons (Fsp3) is 0.375. The molecule has 0 aliphatic carbocycles. The van der Waals surface area contributed by atoms with Crippen molar-refractivity contribution < 1.29 is 14.7 Å². The highest BCUT2D eigenvalue weighted by atomic mass is 35.5. The number of nitrogens with two attached hydrogens (primary N) is 1. The molecule has 0 saturated heterocycles. The minimum absolute atomic E-state index is 0.143. The van der Waals surface area contributed by atoms with Crippen LogP contribution in [0, 0.1) is 0 Å². The average Bonchev–Trinajstić information content (AvgIpc) is 2.93. The second-order valence-electron chi connectivity index (χ2n) is 9.87. The van der Waals surface area contributed by atoms with Crippen LogP contribution in [0.5, 0.6) is 0 Å². The SMILES string of the molecule is CCCN(CCC)C(=O)c1cccc(C(N)=O)c1[C@H](Cc1ccccc1)[C@@H](O)CNCCc1cccc(Cl)c1. The Hall–Kier alpha value is -3.19. The quantitative estimate of drug-likeness (QED) is 0.226. The summed E-state index contributed by atoms with van der Waals surface area (Å²) < 4.78 is 0. The Kier molecular flexibility index (Phi) is 12.0. The molecule has 39 heavy (non-hydrogen) atoms. The van der Waals surface area contributed by atoms with Crippen molar-refractivity contribution in [1.82, 2.24) is 10.2 Å². The fourth-order valence-corrected chi connectivity index (χ4v) is 5.22. The van der Waals surface area contributed by atoms with Gasteiger partial charge in [-0.05, 0) is 73.2 Å². The minimum atomic E-state index is -0.873. The Morgan fingerprint density at radius 2 is 1.56 bits per heavy atom. The molecular formula is C32H40ClN3O3. The van der Waals surface area contributed by atoms with Crippen molar-refractivity contribution in [3.8, 4) is 0 Å². The molecule has 0 bridgehead atoms. The highest BCUT2D eigenvalue weighted by Crippen LogP contribution is 2.32. The van der Waals surface area contributed by atoms with Crippen molar-refractivity contribution in [3.05, 3.63) is 106 Å². The first-order valence-electron chi connectivity index (χ1n) is 13.7. The number of nitrogens with zero attached hydrogens (tertiary/aromatic N) is 1. The summed E-state index contributed by atoms with van der Waals surface area (Å²) in [5.41, 5.74) is 9.14. The number of halogens is 1. The molecule has 0 radical (unpaired) electrons. The van der Waals surface area contributed by atoms with Gasteiger partial charge in [0, 0.05) is 41.7 Å². The zero-order valence-electron chi connectivity index (χ0n) is 22.9. The Bertz CT molecular complexity index is 1210. The molecule has 4 N–H and O–H groups in total. The first-order valence-corrected chi connectivity index (χ1v) is 14.1. The molecule has 0 unspecified atom stereocenters. The number of carbonyl (C=O) groups excluding carboxylic acids is 2. The van der Waals surface area contributed by atoms with Gasteiger partial charge in [0.1, 0.15) is 0 Å². The lowest BCUT2D eigenvalue weighted by Crippen LogP contribution is -2.38. The number of nitrogens with one attached hydrogen (secondary N) is 1. The zero-order chi connectivity index (χ0) is 28.2. The summed E-state index contributed by atoms with van der Waals surface area (Å²) in [6.07, 6.45) is 1.97. The van der Waals surface area contributed by atoms with E-state index in [1.54, 1.807) is 18.2 Å². The van der Waals surface area contributed by atoms with Gasteiger partial charge >= 0.3 is 0 Å². The number of carbonyl (C=O) groups is 2. The van der Waals surface area contributed by atoms with Crippen LogP contribution in [-0.2, 0) is 12.8 Å². The summed E-state index contributed by atoms with van der Waals surface area (Å²) in [5.74, 6) is -1.29. The predicted molar refractivity (Wildman–Crippen MR) is 158 cm³/mol. The van der Waals surface area contributed by atoms with Crippen LogP contribution in [0.3, 0.4) is 0 Å². The van der Waals surface area contributed by atoms with E-state index in [1.165, 1.54) is 0 Å². The van der Waals surface area contributed by atoms with Gasteiger partial charge in [-0.15, -0.1) is 0 Å². The summed E-state index contributed by atoms with van der Waals surface area (Å²) in [7, 11) is 0. The molecule has 0 aliphatic heterocycles. The molecule has 0 heterocycles. The van der Waals surface area contributed by atoms with Crippen LogP contribution in [0.25, 0.3) is 0 Å². The third kappa shape index (κ3) is 8.65. The third-order valence-corrected chi connectivity index (χ3v) is 7.08. The summed E-state index contributed by atoms with van der Waals surface area (Å²) in [4.78, 5) is 28.3. The number of amides is 2. The van der Waals surface area contributed by atoms with Gasteiger partial charge in [-0.2, -0.15) is 0 Å². The Morgan fingerprint density at radius 1 is 0.923 bits per heavy atom. The van der Waals surface area contributed by atoms with Crippen molar-refractivity contribution in [2.24, 2.45) is 5.73 Å². The standard InChI is InChI=1S/C32H40ClN3O3/c1-3-18-36(19-4-2)32(39)27-15-9-14-26(31(34)38)30(27)28(21-23-10-6-5-7-11-23)29(37)22-35-17-16-24-12-8-13-25(33)20-24/h5-15,20,28-29,35,37H,3-4,16-19,21-22H2,1-2H3,(H2,34,38)/t28-,29+/m1/s1. The zero-order valence-corrected chi connectivity index (χ0v) is 23.7. The second kappa shape index (κ2) is 15.4. The lowest BCUT2D eigenvalue weighted by atomic mass is 9.81. The van der Waals surface area contributed by atoms with E-state index in [2.05, 4.69) is 5.32 Å². The Morgan fingerprint density at radius 3 is 2.21 bits per heavy atom. The first-order chi connectivity index (χ1) is 18.8. The van der Waals surface area contributed by atoms with E-state index in [4.69, 9.17) is 17.3 Å². The third-order valence-electron chi connectivity index (χ3n) is 6.84. The maximum absolute atomic E-state index is 13.8. The number of primary amides is 1. The number of aliphatic hydroxyl groups excluding tert-OH is 1. The molecule has 3 aromatic rings. The van der Waals surface area contributed by atoms with Crippen LogP contribution in [0.15, 0.2) is 72.8 Å². The number of hydrogen-bond donors (Lipinski definition) is 3. The van der Waals surface area contributed by atoms with Crippen molar-refractivity contribution in [2.45, 2.75) is 51.6 Å². The van der Waals surface area contributed by atoms with Crippen molar-refractivity contribution in [2.75, 3.05) is 26.2 Å². The molecule has 2 atom stereocenters. The Labute approximate surface area is 237 Å². The molecule has 0 aliphatic rings. The molecule has 0 spiro atoms. The van der Waals surface area contributed by atoms with Gasteiger partial charge in [0.2, 0.25) is 5.91 Å². The molecule has 2 amide bonds. The van der Waals surface area contributed by atoms with Crippen LogP contribution in [0.2, 0.25) is 5.02 Å². The molecule has 3 aromatic carbocycles. The lowest BCUT2D eigenvalue weighted by molar-refractivity contribution is 0.0751. The number of hydrogen-bond acceptors (Lipinski definition) is 4. The summed E-state index contributed by atoms with van der Waals surface area (Å²) in [6, 6.07) is 22.6. The first kappa shape index (κ1) is 30.4. The molecule has 0 fully saturated rings. The van der Waals surface area contributed by atoms with Crippen molar-refractivity contribution >= 4 is 23.4 Å². The van der Waals surface area contributed by atoms with Crippen LogP contribution in [0.4, 0.5) is 0 Å². The van der Waals surface area contributed by atoms with E-state index in [-0.39, 0.29) is 18.0 Å². The topological polar surface area (TPSA) is 95.7 Å². The molecule has 6 nitrogen and oxygen atoms in total. The molecular weight excluding hydrogens is 510 g/mol.